The fourth-order valence-corrected chi connectivity index (χ4v) is 2.52. The molecule has 0 aliphatic heterocycles. The number of hydrogen-bond acceptors (Lipinski definition) is 3. The monoisotopic (exact) mass is 269 g/mol. The predicted octanol–water partition coefficient (Wildman–Crippen LogP) is 1.12. The summed E-state index contributed by atoms with van der Waals surface area (Å²) < 4.78 is 25.2. The van der Waals surface area contributed by atoms with Crippen LogP contribution in [0.1, 0.15) is 5.56 Å². The van der Waals surface area contributed by atoms with E-state index in [1.54, 1.807) is 18.2 Å². The van der Waals surface area contributed by atoms with E-state index in [1.165, 1.54) is 20.2 Å². The summed E-state index contributed by atoms with van der Waals surface area (Å²) in [6.45, 7) is 3.41. The number of sulfonamides is 1. The molecule has 0 fully saturated rings. The van der Waals surface area contributed by atoms with Gasteiger partial charge in [0.05, 0.1) is 4.90 Å². The van der Waals surface area contributed by atoms with Crippen molar-refractivity contribution in [2.24, 2.45) is 0 Å². The summed E-state index contributed by atoms with van der Waals surface area (Å²) in [6.07, 6.45) is -0.00141. The van der Waals surface area contributed by atoms with Gasteiger partial charge in [-0.15, -0.1) is 0 Å². The van der Waals surface area contributed by atoms with Crippen LogP contribution in [-0.4, -0.2) is 37.9 Å². The molecule has 1 aromatic carbocycles. The first-order valence-corrected chi connectivity index (χ1v) is 6.62. The van der Waals surface area contributed by atoms with E-state index in [-0.39, 0.29) is 16.9 Å². The number of carboxylic acid groups (broad SMARTS) is 1. The SMILES string of the molecule is C=C(Cc1ccccc1S(=O)(=O)N(C)C)C(=O)O. The van der Waals surface area contributed by atoms with Crippen molar-refractivity contribution in [3.63, 3.8) is 0 Å². The molecule has 0 spiro atoms. The van der Waals surface area contributed by atoms with Crippen LogP contribution in [0.25, 0.3) is 0 Å². The third-order valence-electron chi connectivity index (χ3n) is 2.44. The Bertz CT molecular complexity index is 575. The molecule has 0 aliphatic carbocycles. The van der Waals surface area contributed by atoms with Gasteiger partial charge in [-0.05, 0) is 11.6 Å². The van der Waals surface area contributed by atoms with Gasteiger partial charge >= 0.3 is 5.97 Å². The minimum atomic E-state index is -3.58. The number of hydrogen-bond donors (Lipinski definition) is 1. The van der Waals surface area contributed by atoms with E-state index in [9.17, 15) is 13.2 Å². The highest BCUT2D eigenvalue weighted by Crippen LogP contribution is 2.20. The molecule has 1 aromatic rings. The molecular weight excluding hydrogens is 254 g/mol. The molecule has 18 heavy (non-hydrogen) atoms. The van der Waals surface area contributed by atoms with Gasteiger partial charge in [0.2, 0.25) is 10.0 Å². The highest BCUT2D eigenvalue weighted by Gasteiger charge is 2.21. The van der Waals surface area contributed by atoms with Crippen molar-refractivity contribution in [2.75, 3.05) is 14.1 Å². The van der Waals surface area contributed by atoms with Crippen molar-refractivity contribution in [1.82, 2.24) is 4.31 Å². The van der Waals surface area contributed by atoms with Crippen LogP contribution in [0.3, 0.4) is 0 Å². The van der Waals surface area contributed by atoms with Crippen LogP contribution in [-0.2, 0) is 21.2 Å². The lowest BCUT2D eigenvalue weighted by Crippen LogP contribution is -2.23. The van der Waals surface area contributed by atoms with Crippen molar-refractivity contribution in [1.29, 1.82) is 0 Å². The van der Waals surface area contributed by atoms with Crippen LogP contribution in [0.15, 0.2) is 41.3 Å². The van der Waals surface area contributed by atoms with Gasteiger partial charge in [0.15, 0.2) is 0 Å². The molecule has 0 saturated carbocycles. The molecule has 0 heterocycles. The molecule has 0 aliphatic rings. The van der Waals surface area contributed by atoms with Gasteiger partial charge in [0.25, 0.3) is 0 Å². The average molecular weight is 269 g/mol. The van der Waals surface area contributed by atoms with E-state index >= 15 is 0 Å². The van der Waals surface area contributed by atoms with Crippen LogP contribution in [0.5, 0.6) is 0 Å². The van der Waals surface area contributed by atoms with E-state index in [0.717, 1.165) is 4.31 Å². The van der Waals surface area contributed by atoms with Gasteiger partial charge in [-0.25, -0.2) is 17.5 Å². The first-order chi connectivity index (χ1) is 8.26. The van der Waals surface area contributed by atoms with Crippen LogP contribution in [0.4, 0.5) is 0 Å². The van der Waals surface area contributed by atoms with Crippen LogP contribution >= 0.6 is 0 Å². The molecular formula is C12H15NO4S. The molecule has 0 bridgehead atoms. The lowest BCUT2D eigenvalue weighted by atomic mass is 10.1. The Labute approximate surface area is 106 Å². The quantitative estimate of drug-likeness (QED) is 0.813. The Kier molecular flexibility index (Phi) is 4.26. The lowest BCUT2D eigenvalue weighted by Gasteiger charge is -2.15. The summed E-state index contributed by atoms with van der Waals surface area (Å²) in [5.41, 5.74) is 0.384. The fourth-order valence-electron chi connectivity index (χ4n) is 1.40. The highest BCUT2D eigenvalue weighted by molar-refractivity contribution is 7.89. The van der Waals surface area contributed by atoms with Gasteiger partial charge < -0.3 is 5.11 Å². The Morgan fingerprint density at radius 2 is 1.89 bits per heavy atom. The van der Waals surface area contributed by atoms with Crippen LogP contribution < -0.4 is 0 Å². The standard InChI is InChI=1S/C12H15NO4S/c1-9(12(14)15)8-10-6-4-5-7-11(10)18(16,17)13(2)3/h4-7H,1,8H2,2-3H3,(H,14,15). The van der Waals surface area contributed by atoms with Crippen molar-refractivity contribution in [3.05, 3.63) is 42.0 Å². The zero-order valence-electron chi connectivity index (χ0n) is 10.3. The largest absolute Gasteiger partial charge is 0.478 e. The Morgan fingerprint density at radius 3 is 2.39 bits per heavy atom. The molecule has 0 amide bonds. The van der Waals surface area contributed by atoms with Crippen molar-refractivity contribution in [3.8, 4) is 0 Å². The lowest BCUT2D eigenvalue weighted by molar-refractivity contribution is -0.132. The number of carbonyl (C=O) groups is 1. The average Bonchev–Trinajstić information content (AvgIpc) is 2.29. The fraction of sp³-hybridized carbons (Fsp3) is 0.250. The van der Waals surface area contributed by atoms with Crippen LogP contribution in [0, 0.1) is 0 Å². The smallest absolute Gasteiger partial charge is 0.331 e. The van der Waals surface area contributed by atoms with Crippen LogP contribution in [0.2, 0.25) is 0 Å². The summed E-state index contributed by atoms with van der Waals surface area (Å²) in [5.74, 6) is -1.13. The molecule has 1 N–H and O–H groups in total. The zero-order valence-corrected chi connectivity index (χ0v) is 11.1. The maximum absolute atomic E-state index is 12.1. The van der Waals surface area contributed by atoms with Crippen molar-refractivity contribution < 1.29 is 18.3 Å². The van der Waals surface area contributed by atoms with Gasteiger partial charge in [0, 0.05) is 26.1 Å². The predicted molar refractivity (Wildman–Crippen MR) is 67.8 cm³/mol. The molecule has 0 radical (unpaired) electrons. The summed E-state index contributed by atoms with van der Waals surface area (Å²) >= 11 is 0. The van der Waals surface area contributed by atoms with Gasteiger partial charge in [-0.3, -0.25) is 0 Å². The van der Waals surface area contributed by atoms with E-state index in [0.29, 0.717) is 5.56 Å². The molecule has 1 rings (SSSR count). The van der Waals surface area contributed by atoms with Crippen molar-refractivity contribution in [2.45, 2.75) is 11.3 Å². The second kappa shape index (κ2) is 5.32. The first-order valence-electron chi connectivity index (χ1n) is 5.18. The van der Waals surface area contributed by atoms with Crippen molar-refractivity contribution >= 4 is 16.0 Å². The highest BCUT2D eigenvalue weighted by atomic mass is 32.2. The summed E-state index contributed by atoms with van der Waals surface area (Å²) in [6, 6.07) is 6.31. The molecule has 0 unspecified atom stereocenters. The second-order valence-electron chi connectivity index (χ2n) is 3.98. The second-order valence-corrected chi connectivity index (χ2v) is 6.10. The third kappa shape index (κ3) is 2.96. The number of nitrogens with zero attached hydrogens (tertiary/aromatic N) is 1. The number of benzene rings is 1. The van der Waals surface area contributed by atoms with E-state index < -0.39 is 16.0 Å². The zero-order chi connectivity index (χ0) is 13.9. The number of carboxylic acids is 1. The Morgan fingerprint density at radius 1 is 1.33 bits per heavy atom. The number of rotatable bonds is 5. The minimum Gasteiger partial charge on any atom is -0.478 e. The summed E-state index contributed by atoms with van der Waals surface area (Å²) in [4.78, 5) is 10.8. The first kappa shape index (κ1) is 14.4. The molecule has 6 heteroatoms. The summed E-state index contributed by atoms with van der Waals surface area (Å²) in [5, 5.41) is 8.79. The Hall–Kier alpha value is -1.66. The maximum Gasteiger partial charge on any atom is 0.331 e. The molecule has 98 valence electrons. The van der Waals surface area contributed by atoms with E-state index in [1.807, 2.05) is 0 Å². The molecule has 5 nitrogen and oxygen atoms in total. The van der Waals surface area contributed by atoms with Gasteiger partial charge in [-0.2, -0.15) is 0 Å². The van der Waals surface area contributed by atoms with E-state index in [4.69, 9.17) is 5.11 Å². The van der Waals surface area contributed by atoms with E-state index in [2.05, 4.69) is 6.58 Å². The molecule has 0 atom stereocenters. The molecule has 0 aromatic heterocycles. The van der Waals surface area contributed by atoms with Gasteiger partial charge in [-0.1, -0.05) is 24.8 Å². The normalized spacial score (nSPS) is 11.5. The minimum absolute atomic E-state index is 0.00141. The summed E-state index contributed by atoms with van der Waals surface area (Å²) in [7, 11) is -0.722. The molecule has 0 saturated heterocycles. The maximum atomic E-state index is 12.1. The van der Waals surface area contributed by atoms with Gasteiger partial charge in [0.1, 0.15) is 0 Å². The third-order valence-corrected chi connectivity index (χ3v) is 4.35. The topological polar surface area (TPSA) is 74.7 Å². The Balaban J connectivity index is 3.24. The number of aliphatic carboxylic acids is 1.